The lowest BCUT2D eigenvalue weighted by molar-refractivity contribution is -0.167. The highest BCUT2D eigenvalue weighted by Crippen LogP contribution is 2.19. The Bertz CT molecular complexity index is 1430. The van der Waals surface area contributed by atoms with Crippen LogP contribution in [0, 0.1) is 0 Å². The maximum atomic E-state index is 12.9. The molecule has 0 aromatic heterocycles. The number of rotatable bonds is 69. The van der Waals surface area contributed by atoms with Gasteiger partial charge in [-0.15, -0.1) is 0 Å². The fraction of sp³-hybridized carbons (Fsp3) is 0.857. The highest BCUT2D eigenvalue weighted by atomic mass is 16.6. The van der Waals surface area contributed by atoms with E-state index in [-0.39, 0.29) is 31.1 Å². The number of allylic oxidation sites excluding steroid dienone is 8. The van der Waals surface area contributed by atoms with Gasteiger partial charge in [0, 0.05) is 19.3 Å². The third kappa shape index (κ3) is 70.0. The number of carbonyl (C=O) groups is 3. The average Bonchev–Trinajstić information content (AvgIpc) is 3.49. The van der Waals surface area contributed by atoms with Crippen LogP contribution in [-0.2, 0) is 28.6 Å². The smallest absolute Gasteiger partial charge is 0.306 e. The third-order valence-electron chi connectivity index (χ3n) is 16.8. The van der Waals surface area contributed by atoms with Gasteiger partial charge in [0.15, 0.2) is 6.10 Å². The molecule has 0 aliphatic carbocycles. The van der Waals surface area contributed by atoms with E-state index in [0.717, 1.165) is 83.5 Å². The van der Waals surface area contributed by atoms with E-state index in [1.807, 2.05) is 0 Å². The van der Waals surface area contributed by atoms with Gasteiger partial charge in [0.1, 0.15) is 13.2 Å². The van der Waals surface area contributed by atoms with E-state index < -0.39 is 6.10 Å². The zero-order valence-corrected chi connectivity index (χ0v) is 56.0. The van der Waals surface area contributed by atoms with Crippen molar-refractivity contribution in [2.45, 2.75) is 412 Å². The summed E-state index contributed by atoms with van der Waals surface area (Å²) in [6.45, 7) is 6.56. The number of carbonyl (C=O) groups excluding carboxylic acids is 3. The molecule has 6 heteroatoms. The number of hydrogen-bond donors (Lipinski definition) is 0. The lowest BCUT2D eigenvalue weighted by Gasteiger charge is -2.18. The summed E-state index contributed by atoms with van der Waals surface area (Å²) in [7, 11) is 0. The second-order valence-electron chi connectivity index (χ2n) is 25.2. The molecular formula is C77H142O6. The minimum atomic E-state index is -0.786. The lowest BCUT2D eigenvalue weighted by atomic mass is 10.0. The normalized spacial score (nSPS) is 12.3. The molecule has 0 N–H and O–H groups in total. The first-order valence-corrected chi connectivity index (χ1v) is 37.1. The van der Waals surface area contributed by atoms with Gasteiger partial charge in [-0.1, -0.05) is 358 Å². The summed E-state index contributed by atoms with van der Waals surface area (Å²) in [4.78, 5) is 38.4. The molecule has 0 saturated carbocycles. The molecule has 0 bridgehead atoms. The maximum Gasteiger partial charge on any atom is 0.306 e. The Morgan fingerprint density at radius 3 is 0.759 bits per heavy atom. The van der Waals surface area contributed by atoms with Gasteiger partial charge in [0.2, 0.25) is 0 Å². The predicted octanol–water partition coefficient (Wildman–Crippen LogP) is 25.7. The molecule has 6 nitrogen and oxygen atoms in total. The Labute approximate surface area is 518 Å². The van der Waals surface area contributed by atoms with Crippen LogP contribution in [0.4, 0.5) is 0 Å². The van der Waals surface area contributed by atoms with Gasteiger partial charge in [0.25, 0.3) is 0 Å². The fourth-order valence-electron chi connectivity index (χ4n) is 11.3. The molecule has 0 heterocycles. The molecule has 486 valence electrons. The molecule has 0 spiro atoms. The van der Waals surface area contributed by atoms with E-state index in [9.17, 15) is 14.4 Å². The van der Waals surface area contributed by atoms with Crippen LogP contribution in [0.1, 0.15) is 406 Å². The number of unbranched alkanes of at least 4 members (excludes halogenated alkanes) is 50. The molecule has 0 aliphatic heterocycles. The summed E-state index contributed by atoms with van der Waals surface area (Å²) >= 11 is 0. The molecule has 0 radical (unpaired) electrons. The van der Waals surface area contributed by atoms with Crippen LogP contribution in [0.3, 0.4) is 0 Å². The zero-order chi connectivity index (χ0) is 59.9. The number of ether oxygens (including phenoxy) is 3. The van der Waals surface area contributed by atoms with Crippen LogP contribution >= 0.6 is 0 Å². The van der Waals surface area contributed by atoms with E-state index in [0.29, 0.717) is 19.3 Å². The number of esters is 3. The zero-order valence-electron chi connectivity index (χ0n) is 56.0. The summed E-state index contributed by atoms with van der Waals surface area (Å²) in [6, 6.07) is 0. The Balaban J connectivity index is 4.12. The molecule has 83 heavy (non-hydrogen) atoms. The summed E-state index contributed by atoms with van der Waals surface area (Å²) < 4.78 is 17.0. The van der Waals surface area contributed by atoms with Crippen LogP contribution in [-0.4, -0.2) is 37.2 Å². The predicted molar refractivity (Wildman–Crippen MR) is 362 cm³/mol. The topological polar surface area (TPSA) is 78.9 Å². The van der Waals surface area contributed by atoms with Gasteiger partial charge in [-0.25, -0.2) is 0 Å². The van der Waals surface area contributed by atoms with Crippen LogP contribution in [0.2, 0.25) is 0 Å². The summed E-state index contributed by atoms with van der Waals surface area (Å²) in [6.07, 6.45) is 91.8. The number of hydrogen-bond acceptors (Lipinski definition) is 6. The van der Waals surface area contributed by atoms with Crippen molar-refractivity contribution < 1.29 is 28.6 Å². The molecule has 0 aliphatic rings. The summed E-state index contributed by atoms with van der Waals surface area (Å²) in [5, 5.41) is 0. The van der Waals surface area contributed by atoms with Crippen molar-refractivity contribution in [1.82, 2.24) is 0 Å². The molecule has 0 aromatic carbocycles. The SMILES string of the molecule is CC/C=C\C/C=C\C/C=C\CCCCCC(=O)OCC(COC(=O)CCCCCCCCCCCCCCCCCCCCCCCCCCCCCCCCCCC)OC(=O)CCCCCCCCCCC/C=C\CCCCCCCC. The van der Waals surface area contributed by atoms with Crippen molar-refractivity contribution in [3.8, 4) is 0 Å². The quantitative estimate of drug-likeness (QED) is 0.0261. The maximum absolute atomic E-state index is 12.9. The van der Waals surface area contributed by atoms with Gasteiger partial charge in [-0.05, 0) is 77.0 Å². The van der Waals surface area contributed by atoms with Gasteiger partial charge in [0.05, 0.1) is 0 Å². The van der Waals surface area contributed by atoms with Crippen LogP contribution < -0.4 is 0 Å². The molecule has 0 fully saturated rings. The first kappa shape index (κ1) is 80.4. The Hall–Kier alpha value is -2.63. The second kappa shape index (κ2) is 71.8. The highest BCUT2D eigenvalue weighted by molar-refractivity contribution is 5.71. The van der Waals surface area contributed by atoms with E-state index in [1.54, 1.807) is 0 Å². The Morgan fingerprint density at radius 2 is 0.470 bits per heavy atom. The third-order valence-corrected chi connectivity index (χ3v) is 16.8. The van der Waals surface area contributed by atoms with E-state index in [4.69, 9.17) is 14.2 Å². The van der Waals surface area contributed by atoms with Crippen molar-refractivity contribution in [3.05, 3.63) is 48.6 Å². The first-order valence-electron chi connectivity index (χ1n) is 37.1. The Morgan fingerprint density at radius 1 is 0.253 bits per heavy atom. The van der Waals surface area contributed by atoms with E-state index in [1.165, 1.54) is 283 Å². The molecule has 0 aromatic rings. The van der Waals surface area contributed by atoms with Crippen LogP contribution in [0.15, 0.2) is 48.6 Å². The molecule has 1 unspecified atom stereocenters. The Kier molecular flexibility index (Phi) is 69.6. The van der Waals surface area contributed by atoms with Crippen molar-refractivity contribution in [3.63, 3.8) is 0 Å². The van der Waals surface area contributed by atoms with Crippen LogP contribution in [0.25, 0.3) is 0 Å². The summed E-state index contributed by atoms with van der Waals surface area (Å²) in [5.74, 6) is -0.887. The first-order chi connectivity index (χ1) is 41.0. The van der Waals surface area contributed by atoms with Crippen molar-refractivity contribution in [2.75, 3.05) is 13.2 Å². The average molecular weight is 1160 g/mol. The summed E-state index contributed by atoms with van der Waals surface area (Å²) in [5.41, 5.74) is 0. The standard InChI is InChI=1S/C77H142O6/c1-4-7-10-13-16-19-22-25-27-29-31-32-33-34-35-36-37-38-39-40-41-42-43-44-46-47-49-52-55-58-61-64-67-70-76(79)82-73-74(72-81-75(78)69-66-63-60-57-54-51-24-21-18-15-12-9-6-3)83-77(80)71-68-65-62-59-56-53-50-48-45-30-28-26-23-20-17-14-11-8-5-2/h9,12,18,21,26,28,51,54,74H,4-8,10-11,13-17,19-20,22-25,27,29-50,52-53,55-73H2,1-3H3/b12-9-,21-18-,28-26-,54-51-. The van der Waals surface area contributed by atoms with Crippen LogP contribution in [0.5, 0.6) is 0 Å². The lowest BCUT2D eigenvalue weighted by Crippen LogP contribution is -2.30. The van der Waals surface area contributed by atoms with Gasteiger partial charge >= 0.3 is 17.9 Å². The highest BCUT2D eigenvalue weighted by Gasteiger charge is 2.19. The molecule has 0 rings (SSSR count). The van der Waals surface area contributed by atoms with Crippen molar-refractivity contribution in [2.24, 2.45) is 0 Å². The van der Waals surface area contributed by atoms with Gasteiger partial charge < -0.3 is 14.2 Å². The van der Waals surface area contributed by atoms with Gasteiger partial charge in [-0.3, -0.25) is 14.4 Å². The van der Waals surface area contributed by atoms with Crippen molar-refractivity contribution in [1.29, 1.82) is 0 Å². The van der Waals surface area contributed by atoms with Gasteiger partial charge in [-0.2, -0.15) is 0 Å². The molecular weight excluding hydrogens is 1020 g/mol. The molecule has 0 amide bonds. The second-order valence-corrected chi connectivity index (χ2v) is 25.2. The van der Waals surface area contributed by atoms with E-state index in [2.05, 4.69) is 69.4 Å². The minimum Gasteiger partial charge on any atom is -0.462 e. The minimum absolute atomic E-state index is 0.0794. The largest absolute Gasteiger partial charge is 0.462 e. The van der Waals surface area contributed by atoms with Crippen molar-refractivity contribution >= 4 is 17.9 Å². The monoisotopic (exact) mass is 1160 g/mol. The molecule has 0 saturated heterocycles. The molecule has 1 atom stereocenters. The fourth-order valence-corrected chi connectivity index (χ4v) is 11.3. The van der Waals surface area contributed by atoms with E-state index >= 15 is 0 Å².